The average molecular weight is 489 g/mol. The summed E-state index contributed by atoms with van der Waals surface area (Å²) < 4.78 is 0. The first-order valence-electron chi connectivity index (χ1n) is 14.2. The number of carbonyl (C=O) groups excluding carboxylic acids is 1. The molecular weight excluding hydrogens is 440 g/mol. The van der Waals surface area contributed by atoms with Crippen LogP contribution >= 0.6 is 0 Å². The minimum absolute atomic E-state index is 0.0151. The van der Waals surface area contributed by atoms with Crippen molar-refractivity contribution in [2.45, 2.75) is 118 Å². The number of carboxylic acid groups (broad SMARTS) is 1. The number of aliphatic carboxylic acids is 1. The molecule has 198 valence electrons. The maximum absolute atomic E-state index is 13.1. The van der Waals surface area contributed by atoms with Gasteiger partial charge in [0.1, 0.15) is 11.5 Å². The van der Waals surface area contributed by atoms with Crippen LogP contribution in [0.5, 0.6) is 0 Å². The lowest BCUT2D eigenvalue weighted by atomic mass is 9.31. The largest absolute Gasteiger partial charge is 0.480 e. The first-order valence-corrected chi connectivity index (χ1v) is 14.2. The smallest absolute Gasteiger partial charge is 0.317 e. The molecule has 0 radical (unpaired) electrons. The molecule has 5 aliphatic carbocycles. The molecule has 0 aromatic rings. The molecule has 0 aliphatic heterocycles. The molecule has 0 aromatic heterocycles. The number of ketones is 1. The van der Waals surface area contributed by atoms with Gasteiger partial charge in [-0.05, 0) is 123 Å². The van der Waals surface area contributed by atoms with Gasteiger partial charge >= 0.3 is 5.97 Å². The van der Waals surface area contributed by atoms with Crippen molar-refractivity contribution in [2.75, 3.05) is 0 Å². The van der Waals surface area contributed by atoms with E-state index in [1.807, 2.05) is 0 Å². The van der Waals surface area contributed by atoms with Gasteiger partial charge in [0, 0.05) is 0 Å². The van der Waals surface area contributed by atoms with Crippen LogP contribution in [0.2, 0.25) is 0 Å². The van der Waals surface area contributed by atoms with E-state index in [0.717, 1.165) is 38.5 Å². The van der Waals surface area contributed by atoms with Crippen molar-refractivity contribution in [3.05, 3.63) is 0 Å². The highest BCUT2D eigenvalue weighted by atomic mass is 16.4. The van der Waals surface area contributed by atoms with Gasteiger partial charge in [-0.1, -0.05) is 34.6 Å². The van der Waals surface area contributed by atoms with Crippen molar-refractivity contribution < 1.29 is 24.9 Å². The van der Waals surface area contributed by atoms with Gasteiger partial charge in [-0.2, -0.15) is 0 Å². The minimum atomic E-state index is -1.53. The number of rotatable bonds is 1. The Balaban J connectivity index is 1.59. The molecule has 5 saturated carbocycles. The van der Waals surface area contributed by atoms with Crippen LogP contribution in [-0.2, 0) is 9.59 Å². The first-order chi connectivity index (χ1) is 16.0. The summed E-state index contributed by atoms with van der Waals surface area (Å²) in [5.41, 5.74) is -2.41. The van der Waals surface area contributed by atoms with Crippen molar-refractivity contribution in [3.8, 4) is 0 Å². The van der Waals surface area contributed by atoms with Gasteiger partial charge < -0.3 is 15.3 Å². The van der Waals surface area contributed by atoms with E-state index >= 15 is 0 Å². The van der Waals surface area contributed by atoms with Crippen LogP contribution in [-0.4, -0.2) is 38.8 Å². The van der Waals surface area contributed by atoms with Crippen LogP contribution in [0.1, 0.15) is 106 Å². The SMILES string of the molecule is C[C@@H]1CC[C@]2(C)CC[C@]3(C)[C@H](CC[C@@H]4[C@@]5(C)CC(O)C(=O)C(C)(C(=O)O)C5CC[C@]43C)[C@@H]2[C@]1(C)O. The third kappa shape index (κ3) is 2.89. The molecule has 5 nitrogen and oxygen atoms in total. The number of hydrogen-bond donors (Lipinski definition) is 3. The van der Waals surface area contributed by atoms with E-state index in [0.29, 0.717) is 18.8 Å². The Bertz CT molecular complexity index is 938. The van der Waals surface area contributed by atoms with Crippen molar-refractivity contribution in [3.63, 3.8) is 0 Å². The van der Waals surface area contributed by atoms with Crippen LogP contribution in [0.3, 0.4) is 0 Å². The van der Waals surface area contributed by atoms with Crippen LogP contribution in [0.25, 0.3) is 0 Å². The Morgan fingerprint density at radius 3 is 2.14 bits per heavy atom. The Morgan fingerprint density at radius 2 is 1.51 bits per heavy atom. The average Bonchev–Trinajstić information content (AvgIpc) is 2.76. The molecule has 0 amide bonds. The molecule has 12 atom stereocenters. The quantitative estimate of drug-likeness (QED) is 0.426. The van der Waals surface area contributed by atoms with Gasteiger partial charge in [0.25, 0.3) is 0 Å². The van der Waals surface area contributed by atoms with Gasteiger partial charge in [0.15, 0.2) is 5.78 Å². The Kier molecular flexibility index (Phi) is 5.39. The molecule has 35 heavy (non-hydrogen) atoms. The highest BCUT2D eigenvalue weighted by Crippen LogP contribution is 2.77. The Morgan fingerprint density at radius 1 is 0.857 bits per heavy atom. The van der Waals surface area contributed by atoms with Crippen molar-refractivity contribution in [1.29, 1.82) is 0 Å². The number of hydrogen-bond acceptors (Lipinski definition) is 4. The zero-order chi connectivity index (χ0) is 26.0. The summed E-state index contributed by atoms with van der Waals surface area (Å²) in [5, 5.41) is 33.0. The van der Waals surface area contributed by atoms with Gasteiger partial charge in [-0.25, -0.2) is 0 Å². The molecule has 5 fully saturated rings. The van der Waals surface area contributed by atoms with Crippen LogP contribution in [0.4, 0.5) is 0 Å². The maximum atomic E-state index is 13.1. The lowest BCUT2D eigenvalue weighted by molar-refractivity contribution is -0.271. The molecule has 5 heteroatoms. The lowest BCUT2D eigenvalue weighted by Crippen LogP contribution is -2.71. The van der Waals surface area contributed by atoms with Crippen molar-refractivity contribution in [2.24, 2.45) is 56.7 Å². The molecule has 0 bridgehead atoms. The second-order valence-electron chi connectivity index (χ2n) is 15.1. The maximum Gasteiger partial charge on any atom is 0.317 e. The summed E-state index contributed by atoms with van der Waals surface area (Å²) >= 11 is 0. The monoisotopic (exact) mass is 488 g/mol. The highest BCUT2D eigenvalue weighted by molar-refractivity contribution is 6.06. The predicted molar refractivity (Wildman–Crippen MR) is 134 cm³/mol. The van der Waals surface area contributed by atoms with Crippen LogP contribution in [0.15, 0.2) is 0 Å². The Labute approximate surface area is 211 Å². The van der Waals surface area contributed by atoms with E-state index < -0.39 is 34.3 Å². The molecule has 5 rings (SSSR count). The molecule has 0 heterocycles. The van der Waals surface area contributed by atoms with E-state index in [1.165, 1.54) is 6.42 Å². The van der Waals surface area contributed by atoms with Crippen molar-refractivity contribution in [1.82, 2.24) is 0 Å². The number of carbonyl (C=O) groups is 2. The summed E-state index contributed by atoms with van der Waals surface area (Å²) in [6, 6.07) is 0. The molecule has 0 aromatic carbocycles. The second-order valence-corrected chi connectivity index (χ2v) is 15.1. The van der Waals surface area contributed by atoms with E-state index in [4.69, 9.17) is 0 Å². The predicted octanol–water partition coefficient (Wildman–Crippen LogP) is 5.46. The number of aliphatic hydroxyl groups excluding tert-OH is 1. The topological polar surface area (TPSA) is 94.8 Å². The molecule has 3 N–H and O–H groups in total. The minimum Gasteiger partial charge on any atom is -0.480 e. The zero-order valence-corrected chi connectivity index (χ0v) is 23.0. The fourth-order valence-corrected chi connectivity index (χ4v) is 11.6. The second kappa shape index (κ2) is 7.34. The number of aliphatic hydroxyl groups is 2. The molecular formula is C30H48O5. The molecule has 0 saturated heterocycles. The van der Waals surface area contributed by atoms with E-state index in [1.54, 1.807) is 6.92 Å². The van der Waals surface area contributed by atoms with Crippen LogP contribution in [0, 0.1) is 56.7 Å². The Hall–Kier alpha value is -0.940. The number of fused-ring (bicyclic) bond motifs is 7. The number of carboxylic acids is 1. The standard InChI is InChI=1S/C30H48O5/c1-17-10-12-25(2)14-15-27(4)18(22(25)30(17,7)35)8-9-20-26(3)16-19(31)23(32)29(6,24(33)34)21(26)11-13-28(20,27)5/h17-22,31,35H,8-16H2,1-7H3,(H,33,34)/t17-,18-,19?,20-,21?,22+,25-,26-,27-,28-,29?,30-/m1/s1. The van der Waals surface area contributed by atoms with Gasteiger partial charge in [-0.15, -0.1) is 0 Å². The van der Waals surface area contributed by atoms with Crippen molar-refractivity contribution >= 4 is 11.8 Å². The fourth-order valence-electron chi connectivity index (χ4n) is 11.6. The summed E-state index contributed by atoms with van der Waals surface area (Å²) in [6.45, 7) is 15.4. The fraction of sp³-hybridized carbons (Fsp3) is 0.933. The molecule has 0 spiro atoms. The summed E-state index contributed by atoms with van der Waals surface area (Å²) in [7, 11) is 0. The zero-order valence-electron chi connectivity index (χ0n) is 23.0. The van der Waals surface area contributed by atoms with E-state index in [2.05, 4.69) is 41.5 Å². The highest BCUT2D eigenvalue weighted by Gasteiger charge is 2.73. The normalized spacial score (nSPS) is 60.1. The van der Waals surface area contributed by atoms with Crippen LogP contribution < -0.4 is 0 Å². The number of Topliss-reactive ketones (excluding diaryl/α,β-unsaturated/α-hetero) is 1. The summed E-state index contributed by atoms with van der Waals surface area (Å²) in [4.78, 5) is 25.5. The van der Waals surface area contributed by atoms with Gasteiger partial charge in [-0.3, -0.25) is 9.59 Å². The molecule has 5 aliphatic rings. The van der Waals surface area contributed by atoms with E-state index in [-0.39, 0.29) is 39.9 Å². The summed E-state index contributed by atoms with van der Waals surface area (Å²) in [6.07, 6.45) is 7.35. The third-order valence-corrected chi connectivity index (χ3v) is 13.9. The van der Waals surface area contributed by atoms with Gasteiger partial charge in [0.05, 0.1) is 5.60 Å². The van der Waals surface area contributed by atoms with E-state index in [9.17, 15) is 24.9 Å². The third-order valence-electron chi connectivity index (χ3n) is 13.9. The van der Waals surface area contributed by atoms with Gasteiger partial charge in [0.2, 0.25) is 0 Å². The summed E-state index contributed by atoms with van der Waals surface area (Å²) in [5.74, 6) is -0.596. The molecule has 3 unspecified atom stereocenters. The lowest BCUT2D eigenvalue weighted by Gasteiger charge is -2.74. The first kappa shape index (κ1) is 25.7.